The van der Waals surface area contributed by atoms with Gasteiger partial charge in [0.25, 0.3) is 0 Å². The summed E-state index contributed by atoms with van der Waals surface area (Å²) in [6.07, 6.45) is -4.04. The fraction of sp³-hybridized carbons (Fsp3) is 0.500. The largest absolute Gasteiger partial charge is 0.434 e. The average Bonchev–Trinajstić information content (AvgIpc) is 3.11. The monoisotopic (exact) mass is 348 g/mol. The maximum atomic E-state index is 12.4. The fourth-order valence-corrected chi connectivity index (χ4v) is 2.45. The van der Waals surface area contributed by atoms with Crippen LogP contribution in [-0.2, 0) is 19.1 Å². The number of halogens is 3. The lowest BCUT2D eigenvalue weighted by molar-refractivity contribution is -0.140. The maximum Gasteiger partial charge on any atom is 0.434 e. The number of hydrogen-bond donors (Lipinski definition) is 2. The molecule has 7 nitrogen and oxygen atoms in total. The Morgan fingerprint density at radius 2 is 2.13 bits per heavy atom. The average molecular weight is 348 g/mol. The number of aromatic nitrogens is 3. The van der Waals surface area contributed by atoms with Crippen LogP contribution in [0.3, 0.4) is 0 Å². The van der Waals surface area contributed by atoms with Gasteiger partial charge in [0.05, 0.1) is 11.6 Å². The fourth-order valence-electron chi connectivity index (χ4n) is 1.64. The molecule has 0 saturated heterocycles. The summed E-state index contributed by atoms with van der Waals surface area (Å²) >= 11 is 0.985. The number of nitrogens with one attached hydrogen (secondary N) is 2. The molecule has 0 unspecified atom stereocenters. The van der Waals surface area contributed by atoms with Crippen molar-refractivity contribution < 1.29 is 17.7 Å². The number of guanidine groups is 1. The van der Waals surface area contributed by atoms with Crippen LogP contribution in [0.1, 0.15) is 22.4 Å². The van der Waals surface area contributed by atoms with Crippen LogP contribution < -0.4 is 10.6 Å². The molecule has 0 aromatic carbocycles. The molecule has 2 aromatic heterocycles. The van der Waals surface area contributed by atoms with Gasteiger partial charge in [0, 0.05) is 32.3 Å². The molecule has 0 bridgehead atoms. The molecule has 0 aliphatic rings. The summed E-state index contributed by atoms with van der Waals surface area (Å²) in [5.74, 6) is 1.44. The van der Waals surface area contributed by atoms with Crippen LogP contribution in [0.4, 0.5) is 13.2 Å². The van der Waals surface area contributed by atoms with Gasteiger partial charge in [-0.15, -0.1) is 11.3 Å². The SMILES string of the molecule is CN=C(NCCc1nc(C(F)(F)F)cs1)NCc1noc(C)n1. The van der Waals surface area contributed by atoms with E-state index in [-0.39, 0.29) is 0 Å². The Kier molecular flexibility index (Phi) is 5.53. The highest BCUT2D eigenvalue weighted by atomic mass is 32.1. The maximum absolute atomic E-state index is 12.4. The van der Waals surface area contributed by atoms with E-state index < -0.39 is 11.9 Å². The predicted molar refractivity (Wildman–Crippen MR) is 78.1 cm³/mol. The summed E-state index contributed by atoms with van der Waals surface area (Å²) in [7, 11) is 1.59. The molecular weight excluding hydrogens is 333 g/mol. The van der Waals surface area contributed by atoms with Gasteiger partial charge in [-0.05, 0) is 0 Å². The Morgan fingerprint density at radius 3 is 2.70 bits per heavy atom. The van der Waals surface area contributed by atoms with Crippen molar-refractivity contribution in [2.45, 2.75) is 26.1 Å². The van der Waals surface area contributed by atoms with E-state index in [1.54, 1.807) is 14.0 Å². The van der Waals surface area contributed by atoms with Gasteiger partial charge in [-0.25, -0.2) is 4.98 Å². The second kappa shape index (κ2) is 7.40. The van der Waals surface area contributed by atoms with Crippen molar-refractivity contribution in [3.63, 3.8) is 0 Å². The minimum absolute atomic E-state index is 0.326. The van der Waals surface area contributed by atoms with Crippen molar-refractivity contribution in [3.05, 3.63) is 27.8 Å². The van der Waals surface area contributed by atoms with E-state index in [1.807, 2.05) is 0 Å². The molecular formula is C12H15F3N6OS. The predicted octanol–water partition coefficient (Wildman–Crippen LogP) is 1.76. The number of alkyl halides is 3. The van der Waals surface area contributed by atoms with Crippen LogP contribution in [0.2, 0.25) is 0 Å². The van der Waals surface area contributed by atoms with Crippen molar-refractivity contribution in [1.82, 2.24) is 25.8 Å². The van der Waals surface area contributed by atoms with Gasteiger partial charge in [-0.1, -0.05) is 5.16 Å². The minimum atomic E-state index is -4.40. The van der Waals surface area contributed by atoms with Crippen molar-refractivity contribution in [3.8, 4) is 0 Å². The molecule has 126 valence electrons. The van der Waals surface area contributed by atoms with E-state index in [0.29, 0.717) is 42.2 Å². The van der Waals surface area contributed by atoms with E-state index in [2.05, 4.69) is 30.8 Å². The highest BCUT2D eigenvalue weighted by Crippen LogP contribution is 2.29. The zero-order valence-electron chi connectivity index (χ0n) is 12.4. The van der Waals surface area contributed by atoms with Gasteiger partial charge in [0.1, 0.15) is 0 Å². The van der Waals surface area contributed by atoms with Crippen LogP contribution in [0.5, 0.6) is 0 Å². The number of hydrogen-bond acceptors (Lipinski definition) is 6. The van der Waals surface area contributed by atoms with Gasteiger partial charge in [-0.2, -0.15) is 18.2 Å². The highest BCUT2D eigenvalue weighted by molar-refractivity contribution is 7.09. The lowest BCUT2D eigenvalue weighted by Crippen LogP contribution is -2.38. The first-order valence-electron chi connectivity index (χ1n) is 6.64. The molecule has 0 radical (unpaired) electrons. The number of rotatable bonds is 5. The number of aryl methyl sites for hydroxylation is 1. The van der Waals surface area contributed by atoms with E-state index in [1.165, 1.54) is 0 Å². The van der Waals surface area contributed by atoms with E-state index in [4.69, 9.17) is 4.52 Å². The Bertz CT molecular complexity index is 666. The van der Waals surface area contributed by atoms with Crippen molar-refractivity contribution in [2.75, 3.05) is 13.6 Å². The van der Waals surface area contributed by atoms with Crippen LogP contribution >= 0.6 is 11.3 Å². The van der Waals surface area contributed by atoms with Crippen LogP contribution in [0, 0.1) is 6.92 Å². The first-order valence-corrected chi connectivity index (χ1v) is 7.51. The van der Waals surface area contributed by atoms with Crippen LogP contribution in [-0.4, -0.2) is 34.7 Å². The molecule has 2 heterocycles. The van der Waals surface area contributed by atoms with E-state index >= 15 is 0 Å². The molecule has 0 amide bonds. The summed E-state index contributed by atoms with van der Waals surface area (Å²) < 4.78 is 42.2. The third-order valence-corrected chi connectivity index (χ3v) is 3.59. The Morgan fingerprint density at radius 1 is 1.35 bits per heavy atom. The molecule has 0 atom stereocenters. The second-order valence-corrected chi connectivity index (χ2v) is 5.40. The van der Waals surface area contributed by atoms with Crippen molar-refractivity contribution in [2.24, 2.45) is 4.99 Å². The lowest BCUT2D eigenvalue weighted by Gasteiger charge is -2.09. The molecule has 0 aliphatic heterocycles. The lowest BCUT2D eigenvalue weighted by atomic mass is 10.4. The molecule has 2 N–H and O–H groups in total. The smallest absolute Gasteiger partial charge is 0.356 e. The number of nitrogens with zero attached hydrogens (tertiary/aromatic N) is 4. The van der Waals surface area contributed by atoms with Gasteiger partial charge in [0.2, 0.25) is 5.89 Å². The Labute approximate surface area is 134 Å². The molecule has 11 heteroatoms. The van der Waals surface area contributed by atoms with E-state index in [0.717, 1.165) is 16.7 Å². The van der Waals surface area contributed by atoms with Gasteiger partial charge < -0.3 is 15.2 Å². The second-order valence-electron chi connectivity index (χ2n) is 4.46. The Balaban J connectivity index is 1.76. The molecule has 23 heavy (non-hydrogen) atoms. The third-order valence-electron chi connectivity index (χ3n) is 2.68. The summed E-state index contributed by atoms with van der Waals surface area (Å²) in [5, 5.41) is 11.1. The van der Waals surface area contributed by atoms with Crippen LogP contribution in [0.15, 0.2) is 14.9 Å². The number of thiazole rings is 1. The summed E-state index contributed by atoms with van der Waals surface area (Å²) in [5.41, 5.74) is -0.854. The molecule has 0 aliphatic carbocycles. The first kappa shape index (κ1) is 17.2. The summed E-state index contributed by atoms with van der Waals surface area (Å²) in [6.45, 7) is 2.41. The standard InChI is InChI=1S/C12H15F3N6OS/c1-7-19-9(21-22-7)5-18-11(16-2)17-4-3-10-20-8(6-23-10)12(13,14)15/h6H,3-5H2,1-2H3,(H2,16,17,18). The van der Waals surface area contributed by atoms with Gasteiger partial charge >= 0.3 is 6.18 Å². The topological polar surface area (TPSA) is 88.2 Å². The highest BCUT2D eigenvalue weighted by Gasteiger charge is 2.33. The van der Waals surface area contributed by atoms with Crippen molar-refractivity contribution >= 4 is 17.3 Å². The zero-order valence-corrected chi connectivity index (χ0v) is 13.3. The summed E-state index contributed by atoms with van der Waals surface area (Å²) in [6, 6.07) is 0. The van der Waals surface area contributed by atoms with Gasteiger partial charge in [-0.3, -0.25) is 4.99 Å². The minimum Gasteiger partial charge on any atom is -0.356 e. The van der Waals surface area contributed by atoms with Crippen LogP contribution in [0.25, 0.3) is 0 Å². The Hall–Kier alpha value is -2.17. The molecule has 0 saturated carbocycles. The molecule has 2 aromatic rings. The van der Waals surface area contributed by atoms with E-state index in [9.17, 15) is 13.2 Å². The van der Waals surface area contributed by atoms with Crippen molar-refractivity contribution in [1.29, 1.82) is 0 Å². The normalized spacial score (nSPS) is 12.5. The van der Waals surface area contributed by atoms with Gasteiger partial charge in [0.15, 0.2) is 17.5 Å². The summed E-state index contributed by atoms with van der Waals surface area (Å²) in [4.78, 5) is 11.6. The number of aliphatic imine (C=N–C) groups is 1. The third kappa shape index (κ3) is 5.20. The first-order chi connectivity index (χ1) is 10.9. The molecule has 0 fully saturated rings. The molecule has 0 spiro atoms. The quantitative estimate of drug-likeness (QED) is 0.632. The molecule has 2 rings (SSSR count). The zero-order chi connectivity index (χ0) is 16.9.